The second-order valence-corrected chi connectivity index (χ2v) is 5.29. The lowest BCUT2D eigenvalue weighted by Gasteiger charge is -2.06. The molecule has 0 fully saturated rings. The molecule has 1 heterocycles. The molecule has 0 unspecified atom stereocenters. The van der Waals surface area contributed by atoms with Gasteiger partial charge in [0.25, 0.3) is 0 Å². The molecule has 0 atom stereocenters. The molecule has 21 heavy (non-hydrogen) atoms. The number of fused-ring (bicyclic) bond motifs is 1. The summed E-state index contributed by atoms with van der Waals surface area (Å²) in [5, 5.41) is 3.74. The topological polar surface area (TPSA) is 45.5 Å². The Kier molecular flexibility index (Phi) is 4.17. The number of hydrogen-bond acceptors (Lipinski definition) is 3. The number of nitrogens with one attached hydrogen (secondary N) is 1. The predicted molar refractivity (Wildman–Crippen MR) is 87.1 cm³/mol. The normalized spacial score (nSPS) is 11.0. The lowest BCUT2D eigenvalue weighted by Crippen LogP contribution is -2.06. The van der Waals surface area contributed by atoms with E-state index in [0.717, 1.165) is 16.5 Å². The molecule has 0 bridgehead atoms. The molecule has 1 amide bonds. The largest absolute Gasteiger partial charge is 0.454 e. The van der Waals surface area contributed by atoms with Crippen LogP contribution in [0, 0.1) is 6.92 Å². The van der Waals surface area contributed by atoms with E-state index in [1.54, 1.807) is 0 Å². The standard InChI is InChI=1S/C17H20N2O2/c1-11-6-7-15-14(10-11)16(18-13(3)20)17(21-15)12(2)8-9-19(4)5/h6-10H,2H2,1,3-5H3,(H,18,20)/b9-8+. The summed E-state index contributed by atoms with van der Waals surface area (Å²) in [7, 11) is 3.86. The first-order valence-corrected chi connectivity index (χ1v) is 6.73. The van der Waals surface area contributed by atoms with Gasteiger partial charge in [0.15, 0.2) is 5.76 Å². The summed E-state index contributed by atoms with van der Waals surface area (Å²) < 4.78 is 5.87. The van der Waals surface area contributed by atoms with Crippen molar-refractivity contribution in [3.05, 3.63) is 48.4 Å². The Morgan fingerprint density at radius 3 is 2.71 bits per heavy atom. The molecule has 1 aromatic heterocycles. The van der Waals surface area contributed by atoms with E-state index in [1.807, 2.05) is 56.4 Å². The van der Waals surface area contributed by atoms with Crippen molar-refractivity contribution in [3.63, 3.8) is 0 Å². The molecule has 2 aromatic rings. The van der Waals surface area contributed by atoms with Crippen molar-refractivity contribution >= 4 is 28.1 Å². The highest BCUT2D eigenvalue weighted by Crippen LogP contribution is 2.35. The quantitative estimate of drug-likeness (QED) is 0.869. The number of aryl methyl sites for hydroxylation is 1. The number of rotatable bonds is 4. The van der Waals surface area contributed by atoms with Crippen molar-refractivity contribution in [2.24, 2.45) is 0 Å². The van der Waals surface area contributed by atoms with Crippen molar-refractivity contribution < 1.29 is 9.21 Å². The average Bonchev–Trinajstić information content (AvgIpc) is 2.74. The Morgan fingerprint density at radius 1 is 1.38 bits per heavy atom. The van der Waals surface area contributed by atoms with Crippen molar-refractivity contribution in [1.29, 1.82) is 0 Å². The Labute approximate surface area is 124 Å². The summed E-state index contributed by atoms with van der Waals surface area (Å²) in [5.74, 6) is 0.453. The van der Waals surface area contributed by atoms with Gasteiger partial charge in [-0.25, -0.2) is 0 Å². The van der Waals surface area contributed by atoms with E-state index in [-0.39, 0.29) is 5.91 Å². The highest BCUT2D eigenvalue weighted by atomic mass is 16.3. The van der Waals surface area contributed by atoms with Gasteiger partial charge >= 0.3 is 0 Å². The van der Waals surface area contributed by atoms with E-state index >= 15 is 0 Å². The number of carbonyl (C=O) groups is 1. The van der Waals surface area contributed by atoms with Crippen LogP contribution < -0.4 is 5.32 Å². The number of hydrogen-bond donors (Lipinski definition) is 1. The highest BCUT2D eigenvalue weighted by Gasteiger charge is 2.16. The number of furan rings is 1. The van der Waals surface area contributed by atoms with Crippen molar-refractivity contribution in [3.8, 4) is 0 Å². The maximum atomic E-state index is 11.5. The first-order chi connectivity index (χ1) is 9.88. The van der Waals surface area contributed by atoms with Gasteiger partial charge in [0, 0.05) is 32.0 Å². The lowest BCUT2D eigenvalue weighted by molar-refractivity contribution is -0.114. The van der Waals surface area contributed by atoms with Crippen LogP contribution in [-0.2, 0) is 4.79 Å². The third-order valence-electron chi connectivity index (χ3n) is 3.01. The molecule has 0 aliphatic heterocycles. The van der Waals surface area contributed by atoms with E-state index in [0.29, 0.717) is 17.0 Å². The molecule has 0 radical (unpaired) electrons. The number of amides is 1. The van der Waals surface area contributed by atoms with Crippen LogP contribution in [-0.4, -0.2) is 24.9 Å². The molecular formula is C17H20N2O2. The summed E-state index contributed by atoms with van der Waals surface area (Å²) in [6, 6.07) is 5.88. The zero-order chi connectivity index (χ0) is 15.6. The lowest BCUT2D eigenvalue weighted by atomic mass is 10.1. The smallest absolute Gasteiger partial charge is 0.221 e. The SMILES string of the molecule is C=C(/C=C/N(C)C)c1oc2ccc(C)cc2c1NC(C)=O. The van der Waals surface area contributed by atoms with Gasteiger partial charge in [-0.05, 0) is 31.3 Å². The number of allylic oxidation sites excluding steroid dienone is 2. The summed E-state index contributed by atoms with van der Waals surface area (Å²) in [5.41, 5.74) is 3.23. The third kappa shape index (κ3) is 3.34. The summed E-state index contributed by atoms with van der Waals surface area (Å²) in [6.45, 7) is 7.51. The van der Waals surface area contributed by atoms with Gasteiger partial charge in [-0.3, -0.25) is 4.79 Å². The van der Waals surface area contributed by atoms with Crippen molar-refractivity contribution in [2.75, 3.05) is 19.4 Å². The maximum Gasteiger partial charge on any atom is 0.221 e. The van der Waals surface area contributed by atoms with Crippen LogP contribution in [0.2, 0.25) is 0 Å². The second-order valence-electron chi connectivity index (χ2n) is 5.29. The summed E-state index contributed by atoms with van der Waals surface area (Å²) in [4.78, 5) is 13.4. The first kappa shape index (κ1) is 14.9. The molecule has 0 spiro atoms. The molecule has 1 aromatic carbocycles. The van der Waals surface area contributed by atoms with E-state index in [9.17, 15) is 4.79 Å². The van der Waals surface area contributed by atoms with Gasteiger partial charge in [-0.15, -0.1) is 0 Å². The fourth-order valence-electron chi connectivity index (χ4n) is 2.05. The fraction of sp³-hybridized carbons (Fsp3) is 0.235. The van der Waals surface area contributed by atoms with E-state index < -0.39 is 0 Å². The Balaban J connectivity index is 2.56. The van der Waals surface area contributed by atoms with Crippen LogP contribution in [0.15, 0.2) is 41.5 Å². The van der Waals surface area contributed by atoms with E-state index in [4.69, 9.17) is 4.42 Å². The van der Waals surface area contributed by atoms with Gasteiger partial charge in [0.2, 0.25) is 5.91 Å². The zero-order valence-electron chi connectivity index (χ0n) is 12.9. The maximum absolute atomic E-state index is 11.5. The molecular weight excluding hydrogens is 264 g/mol. The second kappa shape index (κ2) is 5.87. The van der Waals surface area contributed by atoms with Gasteiger partial charge < -0.3 is 14.6 Å². The molecule has 2 rings (SSSR count). The molecule has 4 heteroatoms. The number of carbonyl (C=O) groups excluding carboxylic acids is 1. The average molecular weight is 284 g/mol. The number of nitrogens with zero attached hydrogens (tertiary/aromatic N) is 1. The summed E-state index contributed by atoms with van der Waals surface area (Å²) >= 11 is 0. The highest BCUT2D eigenvalue weighted by molar-refractivity contribution is 6.05. The molecule has 4 nitrogen and oxygen atoms in total. The zero-order valence-corrected chi connectivity index (χ0v) is 12.9. The van der Waals surface area contributed by atoms with Crippen molar-refractivity contribution in [2.45, 2.75) is 13.8 Å². The molecule has 1 N–H and O–H groups in total. The van der Waals surface area contributed by atoms with Gasteiger partial charge in [0.05, 0.1) is 5.69 Å². The van der Waals surface area contributed by atoms with E-state index in [1.165, 1.54) is 6.92 Å². The minimum atomic E-state index is -0.134. The molecule has 110 valence electrons. The molecule has 0 aliphatic rings. The minimum absolute atomic E-state index is 0.134. The summed E-state index contributed by atoms with van der Waals surface area (Å²) in [6.07, 6.45) is 3.74. The fourth-order valence-corrected chi connectivity index (χ4v) is 2.05. The Hall–Kier alpha value is -2.49. The van der Waals surface area contributed by atoms with Gasteiger partial charge in [-0.2, -0.15) is 0 Å². The van der Waals surface area contributed by atoms with Crippen LogP contribution >= 0.6 is 0 Å². The van der Waals surface area contributed by atoms with Crippen LogP contribution in [0.3, 0.4) is 0 Å². The van der Waals surface area contributed by atoms with Crippen LogP contribution in [0.4, 0.5) is 5.69 Å². The third-order valence-corrected chi connectivity index (χ3v) is 3.01. The van der Waals surface area contributed by atoms with E-state index in [2.05, 4.69) is 11.9 Å². The Bertz CT molecular complexity index is 724. The van der Waals surface area contributed by atoms with Gasteiger partial charge in [-0.1, -0.05) is 18.2 Å². The minimum Gasteiger partial charge on any atom is -0.454 e. The predicted octanol–water partition coefficient (Wildman–Crippen LogP) is 3.79. The Morgan fingerprint density at radius 2 is 2.10 bits per heavy atom. The first-order valence-electron chi connectivity index (χ1n) is 6.73. The van der Waals surface area contributed by atoms with Crippen LogP contribution in [0.25, 0.3) is 16.5 Å². The number of anilines is 1. The van der Waals surface area contributed by atoms with Crippen LogP contribution in [0.1, 0.15) is 18.2 Å². The molecule has 0 saturated carbocycles. The van der Waals surface area contributed by atoms with Crippen molar-refractivity contribution in [1.82, 2.24) is 4.90 Å². The molecule has 0 saturated heterocycles. The van der Waals surface area contributed by atoms with Crippen LogP contribution in [0.5, 0.6) is 0 Å². The monoisotopic (exact) mass is 284 g/mol. The number of benzene rings is 1. The van der Waals surface area contributed by atoms with Gasteiger partial charge in [0.1, 0.15) is 5.58 Å². The molecule has 0 aliphatic carbocycles.